The summed E-state index contributed by atoms with van der Waals surface area (Å²) in [6, 6.07) is 0. The molecule has 1 saturated heterocycles. The molecule has 1 heterocycles. The van der Waals surface area contributed by atoms with Crippen LogP contribution in [0.4, 0.5) is 0 Å². The van der Waals surface area contributed by atoms with Crippen molar-refractivity contribution in [3.05, 3.63) is 0 Å². The molecule has 0 aromatic rings. The zero-order valence-corrected chi connectivity index (χ0v) is 9.02. The summed E-state index contributed by atoms with van der Waals surface area (Å²) in [6.45, 7) is 0.180. The molecular formula is C4H11N3O5P2. The highest BCUT2D eigenvalue weighted by Crippen LogP contribution is 2.42. The van der Waals surface area contributed by atoms with Gasteiger partial charge in [-0.25, -0.2) is 9.24 Å². The molecule has 0 aliphatic carbocycles. The normalized spacial score (nSPS) is 20.4. The predicted octanol–water partition coefficient (Wildman–Crippen LogP) is -0.944. The molecule has 0 aromatic heterocycles. The number of hydrogen-bond donors (Lipinski definition) is 4. The first-order valence-corrected chi connectivity index (χ1v) is 6.84. The third kappa shape index (κ3) is 2.56. The van der Waals surface area contributed by atoms with E-state index in [4.69, 9.17) is 20.1 Å². The highest BCUT2D eigenvalue weighted by Gasteiger charge is 2.36. The summed E-state index contributed by atoms with van der Waals surface area (Å²) in [4.78, 5) is 27.3. The lowest BCUT2D eigenvalue weighted by Gasteiger charge is -2.20. The summed E-state index contributed by atoms with van der Waals surface area (Å²) >= 11 is 0. The van der Waals surface area contributed by atoms with Gasteiger partial charge in [0.15, 0.2) is 0 Å². The van der Waals surface area contributed by atoms with E-state index in [9.17, 15) is 9.13 Å². The molecule has 8 nitrogen and oxygen atoms in total. The van der Waals surface area contributed by atoms with Gasteiger partial charge in [-0.3, -0.25) is 9.97 Å². The molecule has 0 bridgehead atoms. The van der Waals surface area contributed by atoms with Gasteiger partial charge in [-0.05, 0) is 0 Å². The molecule has 0 aromatic carbocycles. The quantitative estimate of drug-likeness (QED) is 0.471. The molecule has 1 atom stereocenters. The van der Waals surface area contributed by atoms with Crippen LogP contribution in [0.2, 0.25) is 0 Å². The largest absolute Gasteiger partial charge is 0.432 e. The number of nitrogens with one attached hydrogen (secondary N) is 1. The molecule has 1 aliphatic rings. The van der Waals surface area contributed by atoms with E-state index in [0.717, 1.165) is 0 Å². The molecule has 0 saturated carbocycles. The van der Waals surface area contributed by atoms with Crippen molar-refractivity contribution in [2.24, 2.45) is 0 Å². The average Bonchev–Trinajstić information content (AvgIpc) is 2.30. The van der Waals surface area contributed by atoms with Crippen molar-refractivity contribution in [3.63, 3.8) is 0 Å². The van der Waals surface area contributed by atoms with Gasteiger partial charge in [-0.15, -0.1) is 0 Å². The standard InChI is InChI=1S/C4H11N3O5P2/c5-4-6(3-13(8)9)1-2-7(4)14(10,11)12/h5,13H,1-3H2,(H,8,9)(H2,10,11,12). The zero-order chi connectivity index (χ0) is 10.9. The second-order valence-corrected chi connectivity index (χ2v) is 5.39. The highest BCUT2D eigenvalue weighted by atomic mass is 31.2. The van der Waals surface area contributed by atoms with Crippen molar-refractivity contribution in [1.29, 1.82) is 5.41 Å². The Morgan fingerprint density at radius 3 is 2.43 bits per heavy atom. The number of nitrogens with zero attached hydrogens (tertiary/aromatic N) is 2. The van der Waals surface area contributed by atoms with Gasteiger partial charge in [0.1, 0.15) is 0 Å². The van der Waals surface area contributed by atoms with Gasteiger partial charge in [-0.1, -0.05) is 0 Å². The molecule has 4 N–H and O–H groups in total. The topological polar surface area (TPSA) is 125 Å². The Labute approximate surface area is 80.7 Å². The van der Waals surface area contributed by atoms with Crippen molar-refractivity contribution in [3.8, 4) is 0 Å². The van der Waals surface area contributed by atoms with Crippen LogP contribution in [0.15, 0.2) is 0 Å². The summed E-state index contributed by atoms with van der Waals surface area (Å²) < 4.78 is 21.9. The van der Waals surface area contributed by atoms with Gasteiger partial charge in [0, 0.05) is 13.1 Å². The minimum absolute atomic E-state index is 0.00173. The Morgan fingerprint density at radius 1 is 1.50 bits per heavy atom. The van der Waals surface area contributed by atoms with Crippen LogP contribution < -0.4 is 0 Å². The van der Waals surface area contributed by atoms with Crippen molar-refractivity contribution in [2.45, 2.75) is 0 Å². The summed E-state index contributed by atoms with van der Waals surface area (Å²) in [6.07, 6.45) is -0.236. The summed E-state index contributed by atoms with van der Waals surface area (Å²) in [5.41, 5.74) is 0. The van der Waals surface area contributed by atoms with Crippen LogP contribution in [-0.2, 0) is 9.13 Å². The first-order valence-electron chi connectivity index (χ1n) is 3.71. The second-order valence-electron chi connectivity index (χ2n) is 2.78. The molecule has 1 unspecified atom stereocenters. The maximum absolute atomic E-state index is 10.8. The Kier molecular flexibility index (Phi) is 3.34. The predicted molar refractivity (Wildman–Crippen MR) is 49.3 cm³/mol. The lowest BCUT2D eigenvalue weighted by atomic mass is 10.7. The fraction of sp³-hybridized carbons (Fsp3) is 0.750. The second kappa shape index (κ2) is 4.00. The molecule has 10 heteroatoms. The molecule has 1 rings (SSSR count). The van der Waals surface area contributed by atoms with E-state index in [1.54, 1.807) is 0 Å². The smallest absolute Gasteiger partial charge is 0.345 e. The van der Waals surface area contributed by atoms with Gasteiger partial charge >= 0.3 is 7.75 Å². The maximum Gasteiger partial charge on any atom is 0.432 e. The van der Waals surface area contributed by atoms with E-state index in [1.807, 2.05) is 0 Å². The molecule has 0 amide bonds. The van der Waals surface area contributed by atoms with Crippen molar-refractivity contribution >= 4 is 21.7 Å². The Balaban J connectivity index is 2.70. The van der Waals surface area contributed by atoms with Crippen LogP contribution >= 0.6 is 15.8 Å². The van der Waals surface area contributed by atoms with E-state index in [-0.39, 0.29) is 19.4 Å². The monoisotopic (exact) mass is 243 g/mol. The number of guanidine groups is 1. The van der Waals surface area contributed by atoms with E-state index >= 15 is 0 Å². The first kappa shape index (κ1) is 11.7. The van der Waals surface area contributed by atoms with Gasteiger partial charge in [0.2, 0.25) is 14.0 Å². The Bertz CT molecular complexity index is 314. The zero-order valence-electron chi connectivity index (χ0n) is 7.12. The van der Waals surface area contributed by atoms with Gasteiger partial charge in [0.05, 0.1) is 6.29 Å². The number of rotatable bonds is 3. The van der Waals surface area contributed by atoms with E-state index in [1.165, 1.54) is 4.90 Å². The van der Waals surface area contributed by atoms with Gasteiger partial charge in [0.25, 0.3) is 0 Å². The molecule has 0 spiro atoms. The average molecular weight is 243 g/mol. The van der Waals surface area contributed by atoms with Crippen LogP contribution in [0.1, 0.15) is 0 Å². The fourth-order valence-corrected chi connectivity index (χ4v) is 2.52. The van der Waals surface area contributed by atoms with Crippen LogP contribution in [0.3, 0.4) is 0 Å². The molecule has 14 heavy (non-hydrogen) atoms. The van der Waals surface area contributed by atoms with Crippen LogP contribution in [0, 0.1) is 5.41 Å². The van der Waals surface area contributed by atoms with E-state index in [2.05, 4.69) is 0 Å². The third-order valence-electron chi connectivity index (χ3n) is 1.77. The van der Waals surface area contributed by atoms with Crippen LogP contribution in [0.25, 0.3) is 0 Å². The molecule has 1 aliphatic heterocycles. The van der Waals surface area contributed by atoms with Crippen molar-refractivity contribution in [1.82, 2.24) is 9.57 Å². The first-order chi connectivity index (χ1) is 6.32. The third-order valence-corrected chi connectivity index (χ3v) is 3.44. The Morgan fingerprint density at radius 2 is 2.07 bits per heavy atom. The SMILES string of the molecule is N=C1N(C[PH](=O)O)CCN1P(=O)(O)O. The highest BCUT2D eigenvalue weighted by molar-refractivity contribution is 7.50. The lowest BCUT2D eigenvalue weighted by Crippen LogP contribution is -2.30. The summed E-state index contributed by atoms with van der Waals surface area (Å²) in [5.74, 6) is -0.397. The minimum Gasteiger partial charge on any atom is -0.345 e. The molecule has 82 valence electrons. The van der Waals surface area contributed by atoms with Crippen molar-refractivity contribution in [2.75, 3.05) is 19.4 Å². The summed E-state index contributed by atoms with van der Waals surface area (Å²) in [7, 11) is -7.22. The Hall–Kier alpha value is -0.390. The molecule has 0 radical (unpaired) electrons. The van der Waals surface area contributed by atoms with E-state index < -0.39 is 21.7 Å². The molecule has 1 fully saturated rings. The van der Waals surface area contributed by atoms with Crippen LogP contribution in [0.5, 0.6) is 0 Å². The van der Waals surface area contributed by atoms with Gasteiger partial charge < -0.3 is 19.6 Å². The van der Waals surface area contributed by atoms with E-state index in [0.29, 0.717) is 4.67 Å². The fourth-order valence-electron chi connectivity index (χ4n) is 1.16. The minimum atomic E-state index is -4.46. The molecular weight excluding hydrogens is 232 g/mol. The van der Waals surface area contributed by atoms with Crippen LogP contribution in [-0.4, -0.2) is 49.6 Å². The maximum atomic E-state index is 10.8. The lowest BCUT2D eigenvalue weighted by molar-refractivity contribution is 0.322. The summed E-state index contributed by atoms with van der Waals surface area (Å²) in [5, 5.41) is 7.34. The number of hydrogen-bond acceptors (Lipinski definition) is 3. The van der Waals surface area contributed by atoms with Gasteiger partial charge in [-0.2, -0.15) is 0 Å². The van der Waals surface area contributed by atoms with Crippen molar-refractivity contribution < 1.29 is 23.8 Å².